The van der Waals surface area contributed by atoms with Gasteiger partial charge in [-0.3, -0.25) is 9.32 Å². The molecule has 0 aromatic carbocycles. The van der Waals surface area contributed by atoms with Crippen LogP contribution in [-0.2, 0) is 13.9 Å². The zero-order chi connectivity index (χ0) is 23.0. The largest absolute Gasteiger partial charge is 0.469 e. The Morgan fingerprint density at radius 2 is 1.19 bits per heavy atom. The molecule has 0 radical (unpaired) electrons. The average Bonchev–Trinajstić information content (AvgIpc) is 2.72. The number of nitrogens with one attached hydrogen (secondary N) is 1. The third-order valence-corrected chi connectivity index (χ3v) is 4.34. The maximum atomic E-state index is 11.5. The fourth-order valence-corrected chi connectivity index (χ4v) is 2.63. The molecule has 0 saturated carbocycles. The summed E-state index contributed by atoms with van der Waals surface area (Å²) in [4.78, 5) is 28.5. The van der Waals surface area contributed by atoms with E-state index in [0.717, 1.165) is 38.5 Å². The summed E-state index contributed by atoms with van der Waals surface area (Å²) in [7, 11) is -4.46. The maximum Gasteiger partial charge on any atom is 0.469 e. The summed E-state index contributed by atoms with van der Waals surface area (Å²) in [6.07, 6.45) is 32.3. The molecule has 3 N–H and O–H groups in total. The molecule has 0 aliphatic carbocycles. The lowest BCUT2D eigenvalue weighted by Gasteiger charge is -2.06. The summed E-state index contributed by atoms with van der Waals surface area (Å²) in [5.41, 5.74) is 0. The number of hydrogen-bond donors (Lipinski definition) is 3. The summed E-state index contributed by atoms with van der Waals surface area (Å²) >= 11 is 0. The zero-order valence-electron chi connectivity index (χ0n) is 18.6. The Labute approximate surface area is 187 Å². The second-order valence-electron chi connectivity index (χ2n) is 6.63. The van der Waals surface area contributed by atoms with E-state index in [0.29, 0.717) is 12.8 Å². The minimum absolute atomic E-state index is 0.0771. The summed E-state index contributed by atoms with van der Waals surface area (Å²) in [5, 5.41) is 2.54. The van der Waals surface area contributed by atoms with Gasteiger partial charge in [-0.25, -0.2) is 4.57 Å². The van der Waals surface area contributed by atoms with Crippen molar-refractivity contribution in [1.82, 2.24) is 5.32 Å². The fourth-order valence-electron chi connectivity index (χ4n) is 2.30. The van der Waals surface area contributed by atoms with Crippen molar-refractivity contribution in [2.45, 2.75) is 58.3 Å². The van der Waals surface area contributed by atoms with Gasteiger partial charge in [0.05, 0.1) is 6.61 Å². The van der Waals surface area contributed by atoms with E-state index < -0.39 is 7.82 Å². The summed E-state index contributed by atoms with van der Waals surface area (Å²) < 4.78 is 14.7. The SMILES string of the molecule is CC/C=C/C/C=C/C/C=C/C/C=C/C/C=C/C/C=C/CCC(=O)NCCOP(=O)(O)O. The van der Waals surface area contributed by atoms with Crippen LogP contribution in [0.2, 0.25) is 0 Å². The van der Waals surface area contributed by atoms with Crippen LogP contribution in [0.4, 0.5) is 0 Å². The molecular formula is C24H38NO5P. The molecule has 0 fully saturated rings. The molecule has 0 saturated heterocycles. The summed E-state index contributed by atoms with van der Waals surface area (Å²) in [6, 6.07) is 0. The molecule has 0 heterocycles. The smallest absolute Gasteiger partial charge is 0.354 e. The topological polar surface area (TPSA) is 95.9 Å². The fraction of sp³-hybridized carbons (Fsp3) is 0.458. The first-order valence-electron chi connectivity index (χ1n) is 10.8. The molecule has 6 nitrogen and oxygen atoms in total. The number of hydrogen-bond acceptors (Lipinski definition) is 3. The highest BCUT2D eigenvalue weighted by molar-refractivity contribution is 7.46. The van der Waals surface area contributed by atoms with E-state index in [4.69, 9.17) is 9.79 Å². The van der Waals surface area contributed by atoms with Crippen LogP contribution in [-0.4, -0.2) is 28.8 Å². The molecule has 0 unspecified atom stereocenters. The molecular weight excluding hydrogens is 413 g/mol. The zero-order valence-corrected chi connectivity index (χ0v) is 19.5. The van der Waals surface area contributed by atoms with Gasteiger partial charge in [0.25, 0.3) is 0 Å². The number of rotatable bonds is 18. The average molecular weight is 452 g/mol. The van der Waals surface area contributed by atoms with Crippen LogP contribution < -0.4 is 5.32 Å². The molecule has 0 aliphatic heterocycles. The predicted octanol–water partition coefficient (Wildman–Crippen LogP) is 5.69. The van der Waals surface area contributed by atoms with Gasteiger partial charge in [0, 0.05) is 13.0 Å². The predicted molar refractivity (Wildman–Crippen MR) is 128 cm³/mol. The molecule has 0 bridgehead atoms. The third-order valence-electron chi connectivity index (χ3n) is 3.82. The number of carbonyl (C=O) groups excluding carboxylic acids is 1. The van der Waals surface area contributed by atoms with Crippen LogP contribution in [0.3, 0.4) is 0 Å². The highest BCUT2D eigenvalue weighted by Crippen LogP contribution is 2.35. The Balaban J connectivity index is 3.59. The minimum Gasteiger partial charge on any atom is -0.354 e. The van der Waals surface area contributed by atoms with Crippen molar-refractivity contribution in [3.05, 3.63) is 72.9 Å². The minimum atomic E-state index is -4.46. The van der Waals surface area contributed by atoms with Gasteiger partial charge >= 0.3 is 7.82 Å². The number of carbonyl (C=O) groups is 1. The first kappa shape index (κ1) is 29.0. The first-order chi connectivity index (χ1) is 15.0. The van der Waals surface area contributed by atoms with Crippen molar-refractivity contribution < 1.29 is 23.7 Å². The van der Waals surface area contributed by atoms with Gasteiger partial charge in [-0.05, 0) is 44.9 Å². The number of phosphoric ester groups is 1. The molecule has 0 aromatic rings. The highest BCUT2D eigenvalue weighted by atomic mass is 31.2. The molecule has 7 heteroatoms. The van der Waals surface area contributed by atoms with Crippen LogP contribution in [0.25, 0.3) is 0 Å². The Hall–Kier alpha value is -1.98. The van der Waals surface area contributed by atoms with Gasteiger partial charge in [0.1, 0.15) is 0 Å². The van der Waals surface area contributed by atoms with Crippen molar-refractivity contribution in [3.8, 4) is 0 Å². The molecule has 0 rings (SSSR count). The Kier molecular flexibility index (Phi) is 19.9. The first-order valence-corrected chi connectivity index (χ1v) is 12.4. The van der Waals surface area contributed by atoms with Crippen molar-refractivity contribution in [3.63, 3.8) is 0 Å². The summed E-state index contributed by atoms with van der Waals surface area (Å²) in [6.45, 7) is 2.00. The van der Waals surface area contributed by atoms with E-state index in [2.05, 4.69) is 77.5 Å². The maximum absolute atomic E-state index is 11.5. The van der Waals surface area contributed by atoms with Crippen molar-refractivity contribution in [1.29, 1.82) is 0 Å². The molecule has 31 heavy (non-hydrogen) atoms. The van der Waals surface area contributed by atoms with Crippen LogP contribution in [0.15, 0.2) is 72.9 Å². The van der Waals surface area contributed by atoms with E-state index in [1.165, 1.54) is 0 Å². The molecule has 1 amide bonds. The number of phosphoric acid groups is 1. The molecule has 0 aromatic heterocycles. The van der Waals surface area contributed by atoms with Gasteiger partial charge in [0.2, 0.25) is 5.91 Å². The van der Waals surface area contributed by atoms with Crippen molar-refractivity contribution in [2.24, 2.45) is 0 Å². The van der Waals surface area contributed by atoms with Gasteiger partial charge in [-0.15, -0.1) is 0 Å². The van der Waals surface area contributed by atoms with Gasteiger partial charge < -0.3 is 15.1 Å². The second-order valence-corrected chi connectivity index (χ2v) is 7.87. The van der Waals surface area contributed by atoms with E-state index in [9.17, 15) is 9.36 Å². The standard InChI is InChI=1S/C24H38NO5P/c1-2-3-4-5-6-7-8-9-10-11-12-13-14-15-16-17-18-19-20-21-24(26)25-22-23-30-31(27,28)29/h3-4,6-7,9-10,12-13,15-16,18-19H,2,5,8,11,14,17,20-23H2,1H3,(H,25,26)(H2,27,28,29)/b4-3+,7-6+,10-9+,13-12+,16-15+,19-18+. The number of allylic oxidation sites excluding steroid dienone is 12. The van der Waals surface area contributed by atoms with Crippen LogP contribution >= 0.6 is 7.82 Å². The summed E-state index contributed by atoms with van der Waals surface area (Å²) in [5.74, 6) is -0.172. The van der Waals surface area contributed by atoms with Crippen LogP contribution in [0.1, 0.15) is 58.3 Å². The van der Waals surface area contributed by atoms with Crippen LogP contribution in [0.5, 0.6) is 0 Å². The van der Waals surface area contributed by atoms with Gasteiger partial charge in [0.15, 0.2) is 0 Å². The Bertz CT molecular complexity index is 671. The lowest BCUT2D eigenvalue weighted by atomic mass is 10.2. The molecule has 0 atom stereocenters. The lowest BCUT2D eigenvalue weighted by molar-refractivity contribution is -0.121. The van der Waals surface area contributed by atoms with Crippen LogP contribution in [0, 0.1) is 0 Å². The van der Waals surface area contributed by atoms with E-state index in [1.54, 1.807) is 0 Å². The molecule has 174 valence electrons. The van der Waals surface area contributed by atoms with Crippen molar-refractivity contribution >= 4 is 13.7 Å². The third kappa shape index (κ3) is 26.0. The second kappa shape index (κ2) is 21.3. The normalized spacial score (nSPS) is 13.3. The van der Waals surface area contributed by atoms with E-state index >= 15 is 0 Å². The number of amides is 1. The van der Waals surface area contributed by atoms with Crippen molar-refractivity contribution in [2.75, 3.05) is 13.2 Å². The Morgan fingerprint density at radius 3 is 1.61 bits per heavy atom. The lowest BCUT2D eigenvalue weighted by Crippen LogP contribution is -2.26. The van der Waals surface area contributed by atoms with Gasteiger partial charge in [-0.2, -0.15) is 0 Å². The van der Waals surface area contributed by atoms with Gasteiger partial charge in [-0.1, -0.05) is 79.8 Å². The quantitative estimate of drug-likeness (QED) is 0.141. The molecule has 0 aliphatic rings. The Morgan fingerprint density at radius 1 is 0.774 bits per heavy atom. The monoisotopic (exact) mass is 451 g/mol. The van der Waals surface area contributed by atoms with E-state index in [-0.39, 0.29) is 19.1 Å². The van der Waals surface area contributed by atoms with E-state index in [1.807, 2.05) is 12.2 Å². The molecule has 0 spiro atoms. The highest BCUT2D eigenvalue weighted by Gasteiger charge is 2.12.